The Labute approximate surface area is 63.4 Å². The fraction of sp³-hybridized carbons (Fsp3) is 0.167. The van der Waals surface area contributed by atoms with Gasteiger partial charge in [-0.25, -0.2) is 4.98 Å². The lowest BCUT2D eigenvalue weighted by atomic mass is 10.5. The fourth-order valence-corrected chi connectivity index (χ4v) is 1.04. The summed E-state index contributed by atoms with van der Waals surface area (Å²) in [5.74, 6) is 0. The molecule has 0 atom stereocenters. The summed E-state index contributed by atoms with van der Waals surface area (Å²) in [5.41, 5.74) is 0. The summed E-state index contributed by atoms with van der Waals surface area (Å²) >= 11 is 7.12. The summed E-state index contributed by atoms with van der Waals surface area (Å²) in [6.07, 6.45) is 1.95. The van der Waals surface area contributed by atoms with E-state index in [0.29, 0.717) is 5.15 Å². The molecule has 9 heavy (non-hydrogen) atoms. The van der Waals surface area contributed by atoms with Crippen molar-refractivity contribution >= 4 is 23.4 Å². The van der Waals surface area contributed by atoms with E-state index >= 15 is 0 Å². The van der Waals surface area contributed by atoms with Crippen LogP contribution in [0.1, 0.15) is 0 Å². The van der Waals surface area contributed by atoms with Crippen molar-refractivity contribution in [2.75, 3.05) is 6.26 Å². The normalized spacial score (nSPS) is 9.56. The van der Waals surface area contributed by atoms with E-state index in [-0.39, 0.29) is 0 Å². The van der Waals surface area contributed by atoms with Gasteiger partial charge in [-0.2, -0.15) is 0 Å². The van der Waals surface area contributed by atoms with Gasteiger partial charge in [0.2, 0.25) is 0 Å². The van der Waals surface area contributed by atoms with Gasteiger partial charge < -0.3 is 0 Å². The van der Waals surface area contributed by atoms with E-state index in [2.05, 4.69) is 11.1 Å². The highest BCUT2D eigenvalue weighted by atomic mass is 35.5. The number of hydrogen-bond acceptors (Lipinski definition) is 2. The molecular formula is C6H5ClNS. The highest BCUT2D eigenvalue weighted by Gasteiger charge is 1.90. The number of nitrogens with zero attached hydrogens (tertiary/aromatic N) is 1. The first kappa shape index (κ1) is 6.90. The summed E-state index contributed by atoms with van der Waals surface area (Å²) in [6.45, 7) is 0. The molecule has 1 aromatic rings. The molecule has 0 bridgehead atoms. The van der Waals surface area contributed by atoms with Crippen molar-refractivity contribution in [3.8, 4) is 0 Å². The monoisotopic (exact) mass is 158 g/mol. The quantitative estimate of drug-likeness (QED) is 0.460. The minimum atomic E-state index is 0.502. The molecule has 0 aliphatic rings. The zero-order chi connectivity index (χ0) is 6.69. The fourth-order valence-electron chi connectivity index (χ4n) is 0.456. The summed E-state index contributed by atoms with van der Waals surface area (Å²) in [5, 5.41) is 1.41. The van der Waals surface area contributed by atoms with Crippen LogP contribution in [0.3, 0.4) is 0 Å². The van der Waals surface area contributed by atoms with Crippen LogP contribution in [0.15, 0.2) is 17.2 Å². The van der Waals surface area contributed by atoms with Crippen LogP contribution in [0.5, 0.6) is 0 Å². The Balaban J connectivity index is 2.94. The zero-order valence-corrected chi connectivity index (χ0v) is 6.46. The molecule has 1 radical (unpaired) electrons. The summed E-state index contributed by atoms with van der Waals surface area (Å²) < 4.78 is 0. The Hall–Kier alpha value is -0.210. The average Bonchev–Trinajstić information content (AvgIpc) is 1.88. The highest BCUT2D eigenvalue weighted by molar-refractivity contribution is 7.98. The van der Waals surface area contributed by atoms with Gasteiger partial charge in [-0.15, -0.1) is 11.8 Å². The van der Waals surface area contributed by atoms with Crippen molar-refractivity contribution in [1.29, 1.82) is 0 Å². The summed E-state index contributed by atoms with van der Waals surface area (Å²) in [4.78, 5) is 3.99. The Morgan fingerprint density at radius 3 is 2.89 bits per heavy atom. The predicted molar refractivity (Wildman–Crippen MR) is 39.9 cm³/mol. The van der Waals surface area contributed by atoms with Crippen molar-refractivity contribution in [3.63, 3.8) is 0 Å². The standard InChI is InChI=1S/C6H5ClNS/c1-9-6-4-2-3-5(7)8-6/h3-4H,1H3. The maximum absolute atomic E-state index is 5.57. The third-order valence-electron chi connectivity index (χ3n) is 0.835. The van der Waals surface area contributed by atoms with Crippen LogP contribution in [0, 0.1) is 6.07 Å². The minimum Gasteiger partial charge on any atom is -0.230 e. The third-order valence-corrected chi connectivity index (χ3v) is 1.66. The number of halogens is 1. The molecule has 1 nitrogen and oxygen atoms in total. The number of aromatic nitrogens is 1. The number of rotatable bonds is 1. The molecule has 47 valence electrons. The first-order chi connectivity index (χ1) is 4.33. The molecule has 0 aliphatic heterocycles. The van der Waals surface area contributed by atoms with Crippen molar-refractivity contribution in [3.05, 3.63) is 23.4 Å². The molecule has 0 saturated heterocycles. The summed E-state index contributed by atoms with van der Waals surface area (Å²) in [6, 6.07) is 6.31. The molecule has 1 heterocycles. The Kier molecular flexibility index (Phi) is 2.37. The van der Waals surface area contributed by atoms with Gasteiger partial charge in [0, 0.05) is 0 Å². The van der Waals surface area contributed by atoms with Crippen molar-refractivity contribution in [1.82, 2.24) is 4.98 Å². The first-order valence-corrected chi connectivity index (χ1v) is 4.01. The van der Waals surface area contributed by atoms with Gasteiger partial charge in [-0.1, -0.05) is 11.6 Å². The maximum atomic E-state index is 5.57. The molecule has 0 fully saturated rings. The molecule has 0 amide bonds. The lowest BCUT2D eigenvalue weighted by Crippen LogP contribution is -1.76. The highest BCUT2D eigenvalue weighted by Crippen LogP contribution is 2.12. The topological polar surface area (TPSA) is 12.9 Å². The average molecular weight is 159 g/mol. The van der Waals surface area contributed by atoms with E-state index in [4.69, 9.17) is 11.6 Å². The van der Waals surface area contributed by atoms with Crippen LogP contribution in [0.2, 0.25) is 5.15 Å². The lowest BCUT2D eigenvalue weighted by molar-refractivity contribution is 1.14. The van der Waals surface area contributed by atoms with Gasteiger partial charge in [-0.05, 0) is 24.5 Å². The molecule has 1 rings (SSSR count). The van der Waals surface area contributed by atoms with E-state index in [1.54, 1.807) is 23.9 Å². The third kappa shape index (κ3) is 1.88. The number of hydrogen-bond donors (Lipinski definition) is 0. The minimum absolute atomic E-state index is 0.502. The second-order valence-corrected chi connectivity index (χ2v) is 2.65. The van der Waals surface area contributed by atoms with E-state index in [0.717, 1.165) is 5.03 Å². The smallest absolute Gasteiger partial charge is 0.130 e. The number of pyridine rings is 1. The van der Waals surface area contributed by atoms with Crippen molar-refractivity contribution < 1.29 is 0 Å². The molecule has 1 aromatic heterocycles. The van der Waals surface area contributed by atoms with Gasteiger partial charge in [0.15, 0.2) is 0 Å². The van der Waals surface area contributed by atoms with Gasteiger partial charge in [0.25, 0.3) is 0 Å². The van der Waals surface area contributed by atoms with E-state index in [9.17, 15) is 0 Å². The molecule has 0 aliphatic carbocycles. The lowest BCUT2D eigenvalue weighted by Gasteiger charge is -1.91. The predicted octanol–water partition coefficient (Wildman–Crippen LogP) is 2.26. The van der Waals surface area contributed by atoms with Gasteiger partial charge in [-0.3, -0.25) is 0 Å². The molecule has 0 saturated carbocycles. The van der Waals surface area contributed by atoms with E-state index in [1.807, 2.05) is 6.26 Å². The van der Waals surface area contributed by atoms with E-state index in [1.165, 1.54) is 0 Å². The van der Waals surface area contributed by atoms with Crippen LogP contribution in [0.4, 0.5) is 0 Å². The Morgan fingerprint density at radius 2 is 2.44 bits per heavy atom. The first-order valence-electron chi connectivity index (χ1n) is 2.40. The van der Waals surface area contributed by atoms with Crippen LogP contribution >= 0.6 is 23.4 Å². The molecule has 0 spiro atoms. The second kappa shape index (κ2) is 3.08. The molecule has 3 heteroatoms. The van der Waals surface area contributed by atoms with Crippen LogP contribution < -0.4 is 0 Å². The largest absolute Gasteiger partial charge is 0.230 e. The van der Waals surface area contributed by atoms with Crippen molar-refractivity contribution in [2.45, 2.75) is 5.03 Å². The van der Waals surface area contributed by atoms with Crippen LogP contribution in [-0.2, 0) is 0 Å². The van der Waals surface area contributed by atoms with Gasteiger partial charge in [0.05, 0.1) is 5.03 Å². The molecular weight excluding hydrogens is 154 g/mol. The van der Waals surface area contributed by atoms with Gasteiger partial charge >= 0.3 is 0 Å². The van der Waals surface area contributed by atoms with E-state index < -0.39 is 0 Å². The number of thioether (sulfide) groups is 1. The SMILES string of the molecule is CSc1c[c]cc(Cl)n1. The van der Waals surface area contributed by atoms with Crippen molar-refractivity contribution in [2.24, 2.45) is 0 Å². The van der Waals surface area contributed by atoms with Crippen LogP contribution in [0.25, 0.3) is 0 Å². The zero-order valence-electron chi connectivity index (χ0n) is 4.89. The molecule has 0 aromatic carbocycles. The molecule has 0 unspecified atom stereocenters. The second-order valence-electron chi connectivity index (χ2n) is 1.43. The molecule has 0 N–H and O–H groups in total. The van der Waals surface area contributed by atoms with Gasteiger partial charge in [0.1, 0.15) is 5.15 Å². The summed E-state index contributed by atoms with van der Waals surface area (Å²) in [7, 11) is 0. The van der Waals surface area contributed by atoms with Crippen LogP contribution in [-0.4, -0.2) is 11.2 Å². The Bertz CT molecular complexity index is 202. The maximum Gasteiger partial charge on any atom is 0.130 e. The Morgan fingerprint density at radius 1 is 1.67 bits per heavy atom.